The molecule has 0 aliphatic carbocycles. The van der Waals surface area contributed by atoms with Crippen LogP contribution in [0.3, 0.4) is 0 Å². The topological polar surface area (TPSA) is 58.6 Å². The van der Waals surface area contributed by atoms with Gasteiger partial charge in [-0.1, -0.05) is 43.7 Å². The van der Waals surface area contributed by atoms with E-state index in [4.69, 9.17) is 4.74 Å². The minimum Gasteiger partial charge on any atom is -0.484 e. The van der Waals surface area contributed by atoms with Gasteiger partial charge >= 0.3 is 0 Å². The molecule has 0 aliphatic heterocycles. The van der Waals surface area contributed by atoms with E-state index in [1.165, 1.54) is 29.2 Å². The van der Waals surface area contributed by atoms with E-state index >= 15 is 0 Å². The second-order valence-electron chi connectivity index (χ2n) is 6.57. The first-order chi connectivity index (χ1) is 13.5. The Balaban J connectivity index is 2.06. The number of nitrogens with zero attached hydrogens (tertiary/aromatic N) is 1. The summed E-state index contributed by atoms with van der Waals surface area (Å²) in [6.07, 6.45) is 1.87. The summed E-state index contributed by atoms with van der Waals surface area (Å²) in [5.74, 6) is -0.484. The maximum absolute atomic E-state index is 13.0. The van der Waals surface area contributed by atoms with E-state index in [-0.39, 0.29) is 24.2 Å². The van der Waals surface area contributed by atoms with Gasteiger partial charge in [-0.15, -0.1) is 0 Å². The zero-order chi connectivity index (χ0) is 20.4. The summed E-state index contributed by atoms with van der Waals surface area (Å²) in [4.78, 5) is 26.8. The molecule has 2 amide bonds. The second-order valence-corrected chi connectivity index (χ2v) is 6.57. The lowest BCUT2D eigenvalue weighted by Crippen LogP contribution is -2.49. The maximum Gasteiger partial charge on any atom is 0.261 e. The number of unbranched alkanes of at least 4 members (excludes halogenated alkanes) is 1. The fraction of sp³-hybridized carbons (Fsp3) is 0.364. The van der Waals surface area contributed by atoms with Crippen molar-refractivity contribution in [3.05, 3.63) is 66.0 Å². The maximum atomic E-state index is 13.0. The zero-order valence-corrected chi connectivity index (χ0v) is 16.4. The lowest BCUT2D eigenvalue weighted by Gasteiger charge is -2.28. The first-order valence-corrected chi connectivity index (χ1v) is 9.50. The number of amides is 2. The summed E-state index contributed by atoms with van der Waals surface area (Å²) in [6, 6.07) is 14.3. The lowest BCUT2D eigenvalue weighted by molar-refractivity contribution is -0.142. The van der Waals surface area contributed by atoms with Crippen molar-refractivity contribution in [2.45, 2.75) is 39.3 Å². The lowest BCUT2D eigenvalue weighted by atomic mass is 10.1. The van der Waals surface area contributed by atoms with E-state index in [1.807, 2.05) is 37.3 Å². The van der Waals surface area contributed by atoms with E-state index in [2.05, 4.69) is 5.32 Å². The third-order valence-electron chi connectivity index (χ3n) is 4.37. The molecular weight excluding hydrogens is 359 g/mol. The van der Waals surface area contributed by atoms with Gasteiger partial charge in [0.25, 0.3) is 5.91 Å². The Morgan fingerprint density at radius 2 is 1.79 bits per heavy atom. The average Bonchev–Trinajstić information content (AvgIpc) is 2.71. The van der Waals surface area contributed by atoms with Gasteiger partial charge < -0.3 is 15.0 Å². The quantitative estimate of drug-likeness (QED) is 0.636. The molecule has 5 nitrogen and oxygen atoms in total. The minimum atomic E-state index is -0.638. The Hall–Kier alpha value is -2.89. The third-order valence-corrected chi connectivity index (χ3v) is 4.37. The summed E-state index contributed by atoms with van der Waals surface area (Å²) in [7, 11) is 0. The molecule has 28 heavy (non-hydrogen) atoms. The van der Waals surface area contributed by atoms with Crippen LogP contribution in [-0.2, 0) is 16.1 Å². The van der Waals surface area contributed by atoms with E-state index in [9.17, 15) is 14.0 Å². The van der Waals surface area contributed by atoms with Gasteiger partial charge in [-0.3, -0.25) is 9.59 Å². The number of carbonyl (C=O) groups is 2. The van der Waals surface area contributed by atoms with E-state index < -0.39 is 6.04 Å². The van der Waals surface area contributed by atoms with Crippen molar-refractivity contribution in [2.75, 3.05) is 13.2 Å². The van der Waals surface area contributed by atoms with Crippen LogP contribution in [0.25, 0.3) is 0 Å². The number of nitrogens with one attached hydrogen (secondary N) is 1. The molecule has 2 aromatic carbocycles. The van der Waals surface area contributed by atoms with Gasteiger partial charge in [0.2, 0.25) is 5.91 Å². The van der Waals surface area contributed by atoms with E-state index in [1.54, 1.807) is 6.92 Å². The van der Waals surface area contributed by atoms with E-state index in [0.29, 0.717) is 18.8 Å². The molecular formula is C22H27FN2O3. The normalized spacial score (nSPS) is 11.5. The molecule has 6 heteroatoms. The van der Waals surface area contributed by atoms with Crippen molar-refractivity contribution >= 4 is 11.8 Å². The Bertz CT molecular complexity index is 750. The highest BCUT2D eigenvalue weighted by molar-refractivity contribution is 5.87. The Morgan fingerprint density at radius 1 is 1.11 bits per heavy atom. The second kappa shape index (κ2) is 11.1. The van der Waals surface area contributed by atoms with Gasteiger partial charge in [-0.2, -0.15) is 0 Å². The highest BCUT2D eigenvalue weighted by Crippen LogP contribution is 2.13. The van der Waals surface area contributed by atoms with Gasteiger partial charge in [-0.25, -0.2) is 4.39 Å². The molecule has 0 aromatic heterocycles. The van der Waals surface area contributed by atoms with Gasteiger partial charge in [0.15, 0.2) is 6.61 Å². The Labute approximate surface area is 165 Å². The smallest absolute Gasteiger partial charge is 0.261 e. The molecule has 0 fully saturated rings. The molecule has 0 bridgehead atoms. The largest absolute Gasteiger partial charge is 0.484 e. The summed E-state index contributed by atoms with van der Waals surface area (Å²) >= 11 is 0. The fourth-order valence-electron chi connectivity index (χ4n) is 2.66. The van der Waals surface area contributed by atoms with Crippen molar-refractivity contribution in [3.63, 3.8) is 0 Å². The SMILES string of the molecule is CCCCNC(=O)C(C)N(Cc1ccccc1)C(=O)COc1ccc(F)cc1. The van der Waals surface area contributed by atoms with Crippen LogP contribution in [0.2, 0.25) is 0 Å². The van der Waals surface area contributed by atoms with Crippen LogP contribution in [0, 0.1) is 5.82 Å². The number of ether oxygens (including phenoxy) is 1. The number of benzene rings is 2. The standard InChI is InChI=1S/C22H27FN2O3/c1-3-4-14-24-22(27)17(2)25(15-18-8-6-5-7-9-18)21(26)16-28-20-12-10-19(23)11-13-20/h5-13,17H,3-4,14-16H2,1-2H3,(H,24,27). The van der Waals surface area contributed by atoms with Gasteiger partial charge in [0, 0.05) is 13.1 Å². The van der Waals surface area contributed by atoms with Crippen molar-refractivity contribution in [1.82, 2.24) is 10.2 Å². The highest BCUT2D eigenvalue weighted by atomic mass is 19.1. The van der Waals surface area contributed by atoms with E-state index in [0.717, 1.165) is 18.4 Å². The van der Waals surface area contributed by atoms with Crippen LogP contribution in [-0.4, -0.2) is 35.9 Å². The molecule has 150 valence electrons. The molecule has 0 saturated heterocycles. The van der Waals surface area contributed by atoms with Crippen LogP contribution in [0.1, 0.15) is 32.3 Å². The van der Waals surface area contributed by atoms with Crippen LogP contribution in [0.15, 0.2) is 54.6 Å². The number of hydrogen-bond acceptors (Lipinski definition) is 3. The molecule has 0 saturated carbocycles. The van der Waals surface area contributed by atoms with Crippen molar-refractivity contribution < 1.29 is 18.7 Å². The summed E-state index contributed by atoms with van der Waals surface area (Å²) in [5, 5.41) is 2.87. The minimum absolute atomic E-state index is 0.195. The molecule has 0 aliphatic rings. The average molecular weight is 386 g/mol. The summed E-state index contributed by atoms with van der Waals surface area (Å²) < 4.78 is 18.5. The molecule has 0 spiro atoms. The van der Waals surface area contributed by atoms with Crippen LogP contribution in [0.5, 0.6) is 5.75 Å². The zero-order valence-electron chi connectivity index (χ0n) is 16.4. The van der Waals surface area contributed by atoms with Gasteiger partial charge in [-0.05, 0) is 43.2 Å². The van der Waals surface area contributed by atoms with Gasteiger partial charge in [0.05, 0.1) is 0 Å². The number of hydrogen-bond donors (Lipinski definition) is 1. The number of rotatable bonds is 10. The van der Waals surface area contributed by atoms with Gasteiger partial charge in [0.1, 0.15) is 17.6 Å². The number of halogens is 1. The molecule has 2 rings (SSSR count). The monoisotopic (exact) mass is 386 g/mol. The molecule has 1 atom stereocenters. The summed E-state index contributed by atoms with van der Waals surface area (Å²) in [5.41, 5.74) is 0.922. The van der Waals surface area contributed by atoms with Crippen LogP contribution >= 0.6 is 0 Å². The number of carbonyl (C=O) groups excluding carboxylic acids is 2. The highest BCUT2D eigenvalue weighted by Gasteiger charge is 2.26. The first-order valence-electron chi connectivity index (χ1n) is 9.50. The molecule has 0 radical (unpaired) electrons. The summed E-state index contributed by atoms with van der Waals surface area (Å²) in [6.45, 7) is 4.41. The van der Waals surface area contributed by atoms with Crippen molar-refractivity contribution in [1.29, 1.82) is 0 Å². The third kappa shape index (κ3) is 6.68. The van der Waals surface area contributed by atoms with Crippen LogP contribution in [0.4, 0.5) is 4.39 Å². The Kier molecular flexibility index (Phi) is 8.46. The van der Waals surface area contributed by atoms with Crippen molar-refractivity contribution in [2.24, 2.45) is 0 Å². The predicted octanol–water partition coefficient (Wildman–Crippen LogP) is 3.54. The Morgan fingerprint density at radius 3 is 2.43 bits per heavy atom. The van der Waals surface area contributed by atoms with Crippen LogP contribution < -0.4 is 10.1 Å². The molecule has 2 aromatic rings. The molecule has 1 N–H and O–H groups in total. The fourth-order valence-corrected chi connectivity index (χ4v) is 2.66. The first kappa shape index (κ1) is 21.4. The predicted molar refractivity (Wildman–Crippen MR) is 106 cm³/mol. The molecule has 1 unspecified atom stereocenters. The molecule has 0 heterocycles. The van der Waals surface area contributed by atoms with Crippen molar-refractivity contribution in [3.8, 4) is 5.75 Å².